The SMILES string of the molecule is CCNC(=NCCCOCC1CC1)N1CCN(C(=O)OCC)CC1.I. The zero-order valence-corrected chi connectivity index (χ0v) is 17.9. The highest BCUT2D eigenvalue weighted by Crippen LogP contribution is 2.28. The van der Waals surface area contributed by atoms with Gasteiger partial charge in [-0.25, -0.2) is 4.79 Å². The van der Waals surface area contributed by atoms with E-state index in [2.05, 4.69) is 17.1 Å². The first-order chi connectivity index (χ1) is 11.7. The van der Waals surface area contributed by atoms with Crippen LogP contribution >= 0.6 is 24.0 Å². The fourth-order valence-electron chi connectivity index (χ4n) is 2.63. The Labute approximate surface area is 168 Å². The molecule has 0 atom stereocenters. The number of carbonyl (C=O) groups is 1. The smallest absolute Gasteiger partial charge is 0.409 e. The van der Waals surface area contributed by atoms with E-state index in [-0.39, 0.29) is 30.1 Å². The molecule has 0 aromatic heterocycles. The third-order valence-electron chi connectivity index (χ3n) is 4.20. The molecule has 1 amide bonds. The van der Waals surface area contributed by atoms with E-state index in [0.29, 0.717) is 19.7 Å². The van der Waals surface area contributed by atoms with Crippen LogP contribution in [0, 0.1) is 5.92 Å². The lowest BCUT2D eigenvalue weighted by Crippen LogP contribution is -2.53. The topological polar surface area (TPSA) is 66.4 Å². The summed E-state index contributed by atoms with van der Waals surface area (Å²) in [5, 5.41) is 3.34. The molecule has 0 unspecified atom stereocenters. The van der Waals surface area contributed by atoms with Crippen molar-refractivity contribution in [3.05, 3.63) is 0 Å². The van der Waals surface area contributed by atoms with Crippen molar-refractivity contribution in [2.45, 2.75) is 33.1 Å². The summed E-state index contributed by atoms with van der Waals surface area (Å²) in [7, 11) is 0. The summed E-state index contributed by atoms with van der Waals surface area (Å²) in [5.41, 5.74) is 0. The minimum Gasteiger partial charge on any atom is -0.450 e. The largest absolute Gasteiger partial charge is 0.450 e. The fourth-order valence-corrected chi connectivity index (χ4v) is 2.63. The maximum atomic E-state index is 11.8. The van der Waals surface area contributed by atoms with Gasteiger partial charge in [-0.3, -0.25) is 4.99 Å². The van der Waals surface area contributed by atoms with Gasteiger partial charge in [0.05, 0.1) is 6.61 Å². The monoisotopic (exact) mass is 468 g/mol. The first-order valence-corrected chi connectivity index (χ1v) is 9.27. The van der Waals surface area contributed by atoms with E-state index in [4.69, 9.17) is 14.5 Å². The molecule has 7 nitrogen and oxygen atoms in total. The molecule has 1 saturated heterocycles. The predicted molar refractivity (Wildman–Crippen MR) is 110 cm³/mol. The minimum absolute atomic E-state index is 0. The zero-order valence-electron chi connectivity index (χ0n) is 15.5. The summed E-state index contributed by atoms with van der Waals surface area (Å²) in [6.07, 6.45) is 3.40. The van der Waals surface area contributed by atoms with Crippen LogP contribution in [0.2, 0.25) is 0 Å². The molecule has 0 spiro atoms. The molecule has 8 heteroatoms. The van der Waals surface area contributed by atoms with Crippen LogP contribution in [0.3, 0.4) is 0 Å². The zero-order chi connectivity index (χ0) is 17.2. The van der Waals surface area contributed by atoms with Crippen LogP contribution in [0.15, 0.2) is 4.99 Å². The van der Waals surface area contributed by atoms with Gasteiger partial charge >= 0.3 is 6.09 Å². The third-order valence-corrected chi connectivity index (χ3v) is 4.20. The Balaban J connectivity index is 0.00000312. The van der Waals surface area contributed by atoms with Gasteiger partial charge in [0, 0.05) is 52.5 Å². The van der Waals surface area contributed by atoms with Crippen molar-refractivity contribution >= 4 is 36.0 Å². The van der Waals surface area contributed by atoms with E-state index in [1.54, 1.807) is 4.90 Å². The van der Waals surface area contributed by atoms with E-state index in [0.717, 1.165) is 57.7 Å². The predicted octanol–water partition coefficient (Wildman–Crippen LogP) is 2.16. The van der Waals surface area contributed by atoms with Gasteiger partial charge < -0.3 is 24.6 Å². The number of hydrogen-bond donors (Lipinski definition) is 1. The fraction of sp³-hybridized carbons (Fsp3) is 0.882. The van der Waals surface area contributed by atoms with Crippen molar-refractivity contribution in [2.24, 2.45) is 10.9 Å². The van der Waals surface area contributed by atoms with Gasteiger partial charge in [-0.05, 0) is 39.0 Å². The van der Waals surface area contributed by atoms with Crippen LogP contribution in [-0.2, 0) is 9.47 Å². The summed E-state index contributed by atoms with van der Waals surface area (Å²) in [4.78, 5) is 20.4. The molecule has 0 radical (unpaired) electrons. The van der Waals surface area contributed by atoms with E-state index >= 15 is 0 Å². The summed E-state index contributed by atoms with van der Waals surface area (Å²) in [6, 6.07) is 0. The van der Waals surface area contributed by atoms with Crippen LogP contribution in [-0.4, -0.2) is 80.9 Å². The van der Waals surface area contributed by atoms with E-state index in [9.17, 15) is 4.79 Å². The second-order valence-corrected chi connectivity index (χ2v) is 6.28. The number of aliphatic imine (C=N–C) groups is 1. The lowest BCUT2D eigenvalue weighted by atomic mass is 10.3. The van der Waals surface area contributed by atoms with Gasteiger partial charge in [-0.15, -0.1) is 24.0 Å². The van der Waals surface area contributed by atoms with E-state index < -0.39 is 0 Å². The normalized spacial score (nSPS) is 17.9. The Bertz CT molecular complexity index is 411. The van der Waals surface area contributed by atoms with Crippen molar-refractivity contribution in [1.29, 1.82) is 0 Å². The Kier molecular flexibility index (Phi) is 11.2. The number of amides is 1. The van der Waals surface area contributed by atoms with Crippen LogP contribution in [0.5, 0.6) is 0 Å². The molecule has 0 aromatic rings. The summed E-state index contributed by atoms with van der Waals surface area (Å²) in [6.45, 7) is 10.6. The number of halogens is 1. The highest BCUT2D eigenvalue weighted by molar-refractivity contribution is 14.0. The molecule has 1 heterocycles. The first kappa shape index (κ1) is 22.3. The number of carbonyl (C=O) groups excluding carboxylic acids is 1. The van der Waals surface area contributed by atoms with Gasteiger partial charge in [-0.2, -0.15) is 0 Å². The number of guanidine groups is 1. The molecule has 146 valence electrons. The van der Waals surface area contributed by atoms with Gasteiger partial charge in [0.1, 0.15) is 0 Å². The minimum atomic E-state index is -0.216. The number of nitrogens with zero attached hydrogens (tertiary/aromatic N) is 3. The van der Waals surface area contributed by atoms with Crippen LogP contribution < -0.4 is 5.32 Å². The average molecular weight is 468 g/mol. The molecule has 1 N–H and O–H groups in total. The number of hydrogen-bond acceptors (Lipinski definition) is 4. The number of nitrogens with one attached hydrogen (secondary N) is 1. The number of ether oxygens (including phenoxy) is 2. The average Bonchev–Trinajstić information content (AvgIpc) is 3.41. The lowest BCUT2D eigenvalue weighted by molar-refractivity contribution is 0.0914. The van der Waals surface area contributed by atoms with E-state index in [1.807, 2.05) is 6.92 Å². The van der Waals surface area contributed by atoms with Crippen molar-refractivity contribution in [2.75, 3.05) is 59.1 Å². The molecule has 1 aliphatic heterocycles. The van der Waals surface area contributed by atoms with Crippen LogP contribution in [0.25, 0.3) is 0 Å². The molecular weight excluding hydrogens is 435 g/mol. The van der Waals surface area contributed by atoms with Crippen molar-refractivity contribution in [1.82, 2.24) is 15.1 Å². The molecule has 1 saturated carbocycles. The molecule has 0 bridgehead atoms. The molecule has 1 aliphatic carbocycles. The van der Waals surface area contributed by atoms with Crippen molar-refractivity contribution in [3.8, 4) is 0 Å². The number of piperazine rings is 1. The van der Waals surface area contributed by atoms with Crippen molar-refractivity contribution in [3.63, 3.8) is 0 Å². The molecule has 2 rings (SSSR count). The lowest BCUT2D eigenvalue weighted by Gasteiger charge is -2.35. The third kappa shape index (κ3) is 8.44. The molecule has 0 aromatic carbocycles. The van der Waals surface area contributed by atoms with Gasteiger partial charge in [0.2, 0.25) is 0 Å². The summed E-state index contributed by atoms with van der Waals surface area (Å²) in [5.74, 6) is 1.75. The van der Waals surface area contributed by atoms with Crippen molar-refractivity contribution < 1.29 is 14.3 Å². The summed E-state index contributed by atoms with van der Waals surface area (Å²) < 4.78 is 10.7. The standard InChI is InChI=1S/C17H32N4O3.HI/c1-3-18-16(19-8-5-13-23-14-15-6-7-15)20-9-11-21(12-10-20)17(22)24-4-2;/h15H,3-14H2,1-2H3,(H,18,19);1H. The molecule has 25 heavy (non-hydrogen) atoms. The second-order valence-electron chi connectivity index (χ2n) is 6.28. The first-order valence-electron chi connectivity index (χ1n) is 9.27. The maximum Gasteiger partial charge on any atom is 0.409 e. The molecular formula is C17H33IN4O3. The van der Waals surface area contributed by atoms with Crippen LogP contribution in [0.1, 0.15) is 33.1 Å². The summed E-state index contributed by atoms with van der Waals surface area (Å²) >= 11 is 0. The van der Waals surface area contributed by atoms with Crippen LogP contribution in [0.4, 0.5) is 4.79 Å². The second kappa shape index (κ2) is 12.6. The van der Waals surface area contributed by atoms with Gasteiger partial charge in [-0.1, -0.05) is 0 Å². The maximum absolute atomic E-state index is 11.8. The molecule has 2 fully saturated rings. The van der Waals surface area contributed by atoms with Gasteiger partial charge in [0.25, 0.3) is 0 Å². The Morgan fingerprint density at radius 2 is 1.84 bits per heavy atom. The highest BCUT2D eigenvalue weighted by atomic mass is 127. The Hall–Kier alpha value is -0.770. The highest BCUT2D eigenvalue weighted by Gasteiger charge is 2.23. The van der Waals surface area contributed by atoms with E-state index in [1.165, 1.54) is 12.8 Å². The number of rotatable bonds is 8. The Morgan fingerprint density at radius 1 is 1.16 bits per heavy atom. The quantitative estimate of drug-likeness (QED) is 0.256. The Morgan fingerprint density at radius 3 is 2.44 bits per heavy atom. The molecule has 2 aliphatic rings. The van der Waals surface area contributed by atoms with Gasteiger partial charge in [0.15, 0.2) is 5.96 Å².